The van der Waals surface area contributed by atoms with Gasteiger partial charge in [0, 0.05) is 32.2 Å². The van der Waals surface area contributed by atoms with Crippen LogP contribution in [0.25, 0.3) is 0 Å². The van der Waals surface area contributed by atoms with Crippen LogP contribution >= 0.6 is 12.2 Å². The van der Waals surface area contributed by atoms with Crippen LogP contribution in [0.5, 0.6) is 0 Å². The van der Waals surface area contributed by atoms with E-state index in [1.165, 1.54) is 32.1 Å². The smallest absolute Gasteiger partial charge is 0.243 e. The lowest BCUT2D eigenvalue weighted by Crippen LogP contribution is -2.54. The minimum atomic E-state index is -3.50. The molecule has 2 aliphatic rings. The van der Waals surface area contributed by atoms with Crippen molar-refractivity contribution in [1.82, 2.24) is 14.5 Å². The van der Waals surface area contributed by atoms with Crippen molar-refractivity contribution in [2.75, 3.05) is 26.2 Å². The molecule has 0 atom stereocenters. The molecule has 0 unspecified atom stereocenters. The monoisotopic (exact) mass is 423 g/mol. The molecule has 28 heavy (non-hydrogen) atoms. The molecule has 3 rings (SSSR count). The molecule has 1 aliphatic heterocycles. The van der Waals surface area contributed by atoms with Crippen molar-refractivity contribution in [1.29, 1.82) is 0 Å². The number of nitrogens with one attached hydrogen (secondary N) is 1. The van der Waals surface area contributed by atoms with E-state index in [-0.39, 0.29) is 0 Å². The second kappa shape index (κ2) is 8.67. The standard InChI is InChI=1S/C21H33N3O2S2/c1-15-14-16(2)18(4)20(17(15)3)28(25,26)24-12-10-23(11-13-24)21(27)22-19-8-6-5-7-9-19/h14,19H,5-13H2,1-4H3,(H,22,27). The van der Waals surface area contributed by atoms with E-state index in [0.29, 0.717) is 37.1 Å². The highest BCUT2D eigenvalue weighted by Gasteiger charge is 2.32. The van der Waals surface area contributed by atoms with Crippen molar-refractivity contribution in [2.24, 2.45) is 0 Å². The molecule has 1 saturated heterocycles. The molecule has 1 heterocycles. The average Bonchev–Trinajstić information content (AvgIpc) is 2.67. The van der Waals surface area contributed by atoms with E-state index in [1.54, 1.807) is 4.31 Å². The lowest BCUT2D eigenvalue weighted by atomic mass is 9.96. The second-order valence-corrected chi connectivity index (χ2v) is 10.5. The topological polar surface area (TPSA) is 52.7 Å². The van der Waals surface area contributed by atoms with Crippen LogP contribution in [0.1, 0.15) is 54.4 Å². The first-order valence-corrected chi connectivity index (χ1v) is 12.2. The first-order valence-electron chi connectivity index (χ1n) is 10.3. The van der Waals surface area contributed by atoms with Gasteiger partial charge in [-0.25, -0.2) is 8.42 Å². The molecule has 1 N–H and O–H groups in total. The number of hydrogen-bond donors (Lipinski definition) is 1. The Bertz CT molecular complexity index is 811. The van der Waals surface area contributed by atoms with Gasteiger partial charge in [-0.15, -0.1) is 0 Å². The summed E-state index contributed by atoms with van der Waals surface area (Å²) in [5, 5.41) is 4.28. The van der Waals surface area contributed by atoms with Gasteiger partial charge in [0.15, 0.2) is 5.11 Å². The fraction of sp³-hybridized carbons (Fsp3) is 0.667. The highest BCUT2D eigenvalue weighted by atomic mass is 32.2. The van der Waals surface area contributed by atoms with E-state index < -0.39 is 10.0 Å². The van der Waals surface area contributed by atoms with Crippen LogP contribution in [-0.4, -0.2) is 55.0 Å². The van der Waals surface area contributed by atoms with Crippen LogP contribution < -0.4 is 5.32 Å². The number of nitrogens with zero attached hydrogens (tertiary/aromatic N) is 2. The van der Waals surface area contributed by atoms with Gasteiger partial charge in [-0.3, -0.25) is 0 Å². The molecule has 0 amide bonds. The quantitative estimate of drug-likeness (QED) is 0.755. The average molecular weight is 424 g/mol. The van der Waals surface area contributed by atoms with Gasteiger partial charge in [0.2, 0.25) is 10.0 Å². The summed E-state index contributed by atoms with van der Waals surface area (Å²) in [7, 11) is -3.50. The fourth-order valence-electron chi connectivity index (χ4n) is 4.34. The molecular formula is C21H33N3O2S2. The Morgan fingerprint density at radius 1 is 0.964 bits per heavy atom. The third-order valence-electron chi connectivity index (χ3n) is 6.35. The SMILES string of the molecule is Cc1cc(C)c(C)c(S(=O)(=O)N2CCN(C(=S)NC3CCCCC3)CC2)c1C. The number of thiocarbonyl (C=S) groups is 1. The third-order valence-corrected chi connectivity index (χ3v) is 8.90. The van der Waals surface area contributed by atoms with Crippen molar-refractivity contribution in [3.05, 3.63) is 28.3 Å². The minimum Gasteiger partial charge on any atom is -0.360 e. The first-order chi connectivity index (χ1) is 13.2. The summed E-state index contributed by atoms with van der Waals surface area (Å²) in [6.45, 7) is 10.0. The van der Waals surface area contributed by atoms with E-state index in [4.69, 9.17) is 12.2 Å². The molecule has 1 aromatic rings. The Kier molecular flexibility index (Phi) is 6.67. The van der Waals surface area contributed by atoms with Crippen LogP contribution in [-0.2, 0) is 10.0 Å². The number of hydrogen-bond acceptors (Lipinski definition) is 3. The summed E-state index contributed by atoms with van der Waals surface area (Å²) in [4.78, 5) is 2.61. The normalized spacial score (nSPS) is 19.6. The van der Waals surface area contributed by atoms with Crippen LogP contribution in [0.4, 0.5) is 0 Å². The maximum absolute atomic E-state index is 13.4. The second-order valence-electron chi connectivity index (χ2n) is 8.27. The van der Waals surface area contributed by atoms with E-state index in [0.717, 1.165) is 27.4 Å². The van der Waals surface area contributed by atoms with Gasteiger partial charge >= 0.3 is 0 Å². The zero-order chi connectivity index (χ0) is 20.5. The van der Waals surface area contributed by atoms with Crippen LogP contribution in [0.2, 0.25) is 0 Å². The number of benzene rings is 1. The Labute approximate surface area is 175 Å². The predicted octanol–water partition coefficient (Wildman–Crippen LogP) is 3.43. The molecule has 1 aromatic carbocycles. The summed E-state index contributed by atoms with van der Waals surface area (Å²) in [6.07, 6.45) is 6.21. The third kappa shape index (κ3) is 4.36. The molecule has 0 radical (unpaired) electrons. The maximum atomic E-state index is 13.4. The lowest BCUT2D eigenvalue weighted by molar-refractivity contribution is 0.259. The van der Waals surface area contributed by atoms with E-state index in [2.05, 4.69) is 16.3 Å². The molecule has 7 heteroatoms. The molecular weight excluding hydrogens is 390 g/mol. The number of rotatable bonds is 3. The Balaban J connectivity index is 1.68. The van der Waals surface area contributed by atoms with Crippen LogP contribution in [0.15, 0.2) is 11.0 Å². The van der Waals surface area contributed by atoms with Crippen molar-refractivity contribution < 1.29 is 8.42 Å². The largest absolute Gasteiger partial charge is 0.360 e. The van der Waals surface area contributed by atoms with Crippen LogP contribution in [0.3, 0.4) is 0 Å². The van der Waals surface area contributed by atoms with Gasteiger partial charge in [0.25, 0.3) is 0 Å². The molecule has 5 nitrogen and oxygen atoms in total. The van der Waals surface area contributed by atoms with Crippen molar-refractivity contribution in [3.8, 4) is 0 Å². The van der Waals surface area contributed by atoms with Gasteiger partial charge < -0.3 is 10.2 Å². The predicted molar refractivity (Wildman–Crippen MR) is 118 cm³/mol. The molecule has 156 valence electrons. The first kappa shape index (κ1) is 21.5. The Morgan fingerprint density at radius 2 is 1.50 bits per heavy atom. The van der Waals surface area contributed by atoms with Gasteiger partial charge in [0.05, 0.1) is 4.90 Å². The highest BCUT2D eigenvalue weighted by molar-refractivity contribution is 7.89. The van der Waals surface area contributed by atoms with Gasteiger partial charge in [0.1, 0.15) is 0 Å². The summed E-state index contributed by atoms with van der Waals surface area (Å²) in [5.41, 5.74) is 3.77. The summed E-state index contributed by atoms with van der Waals surface area (Å²) < 4.78 is 28.4. The zero-order valence-electron chi connectivity index (χ0n) is 17.5. The Morgan fingerprint density at radius 3 is 2.04 bits per heavy atom. The van der Waals surface area contributed by atoms with Gasteiger partial charge in [-0.05, 0) is 75.0 Å². The van der Waals surface area contributed by atoms with Gasteiger partial charge in [-0.1, -0.05) is 25.3 Å². The molecule has 2 fully saturated rings. The zero-order valence-corrected chi connectivity index (χ0v) is 19.2. The maximum Gasteiger partial charge on any atom is 0.243 e. The minimum absolute atomic E-state index is 0.473. The summed E-state index contributed by atoms with van der Waals surface area (Å²) in [5.74, 6) is 0. The van der Waals surface area contributed by atoms with Crippen molar-refractivity contribution >= 4 is 27.4 Å². The van der Waals surface area contributed by atoms with Crippen molar-refractivity contribution in [2.45, 2.75) is 70.7 Å². The van der Waals surface area contributed by atoms with E-state index in [1.807, 2.05) is 27.7 Å². The van der Waals surface area contributed by atoms with Gasteiger partial charge in [-0.2, -0.15) is 4.31 Å². The molecule has 1 saturated carbocycles. The summed E-state index contributed by atoms with van der Waals surface area (Å²) in [6, 6.07) is 2.54. The molecule has 0 aromatic heterocycles. The van der Waals surface area contributed by atoms with E-state index in [9.17, 15) is 8.42 Å². The number of sulfonamides is 1. The summed E-state index contributed by atoms with van der Waals surface area (Å²) >= 11 is 5.60. The highest BCUT2D eigenvalue weighted by Crippen LogP contribution is 2.29. The van der Waals surface area contributed by atoms with E-state index >= 15 is 0 Å². The number of piperazine rings is 1. The molecule has 0 spiro atoms. The number of aryl methyl sites for hydroxylation is 2. The molecule has 1 aliphatic carbocycles. The Hall–Kier alpha value is -1.18. The fourth-order valence-corrected chi connectivity index (χ4v) is 6.69. The van der Waals surface area contributed by atoms with Crippen molar-refractivity contribution in [3.63, 3.8) is 0 Å². The molecule has 0 bridgehead atoms. The lowest BCUT2D eigenvalue weighted by Gasteiger charge is -2.37. The van der Waals surface area contributed by atoms with Crippen LogP contribution in [0, 0.1) is 27.7 Å².